The van der Waals surface area contributed by atoms with E-state index in [2.05, 4.69) is 26.3 Å². The molecular formula is C13H34N6Ti. The SMILES string of the molecule is C[N-]C.C[N-]C.C[N-]C.C[N-]C(=NC(C)C)N(C)C.[Ti+4]. The number of hydrogen-bond donors (Lipinski definition) is 0. The minimum Gasteiger partial charge on any atom is -0.668 e. The molecule has 0 radical (unpaired) electrons. The molecule has 0 aliphatic heterocycles. The Balaban J connectivity index is -0.0000000626. The van der Waals surface area contributed by atoms with E-state index in [9.17, 15) is 0 Å². The second-order valence-electron chi connectivity index (χ2n) is 3.98. The molecule has 120 valence electrons. The van der Waals surface area contributed by atoms with Crippen LogP contribution in [0.15, 0.2) is 4.99 Å². The maximum absolute atomic E-state index is 4.27. The molecule has 0 saturated carbocycles. The molecule has 0 unspecified atom stereocenters. The zero-order valence-electron chi connectivity index (χ0n) is 15.3. The van der Waals surface area contributed by atoms with Gasteiger partial charge >= 0.3 is 21.7 Å². The minimum absolute atomic E-state index is 0. The van der Waals surface area contributed by atoms with Crippen LogP contribution in [0.4, 0.5) is 0 Å². The molecule has 0 atom stereocenters. The molecule has 0 aliphatic rings. The Hall–Kier alpha value is -0.136. The third-order valence-corrected chi connectivity index (χ3v) is 0.974. The van der Waals surface area contributed by atoms with Crippen molar-refractivity contribution in [1.82, 2.24) is 4.90 Å². The summed E-state index contributed by atoms with van der Waals surface area (Å²) in [4.78, 5) is 6.17. The van der Waals surface area contributed by atoms with Gasteiger partial charge in [-0.1, -0.05) is 13.8 Å². The predicted molar refractivity (Wildman–Crippen MR) is 91.2 cm³/mol. The molecule has 7 heteroatoms. The average molecular weight is 322 g/mol. The van der Waals surface area contributed by atoms with Crippen molar-refractivity contribution >= 4 is 5.96 Å². The van der Waals surface area contributed by atoms with Crippen LogP contribution in [0.2, 0.25) is 0 Å². The molecule has 0 saturated heterocycles. The topological polar surface area (TPSA) is 72.0 Å². The number of aliphatic imine (C=N–C) groups is 1. The van der Waals surface area contributed by atoms with Crippen LogP contribution >= 0.6 is 0 Å². The fraction of sp³-hybridized carbons (Fsp3) is 0.923. The quantitative estimate of drug-likeness (QED) is 0.415. The molecule has 0 fully saturated rings. The van der Waals surface area contributed by atoms with Crippen molar-refractivity contribution in [3.8, 4) is 0 Å². The van der Waals surface area contributed by atoms with Crippen LogP contribution in [0, 0.1) is 0 Å². The van der Waals surface area contributed by atoms with Gasteiger partial charge in [0.2, 0.25) is 0 Å². The molecule has 0 N–H and O–H groups in total. The third kappa shape index (κ3) is 52.2. The van der Waals surface area contributed by atoms with E-state index in [0.29, 0.717) is 6.04 Å². The fourth-order valence-electron chi connectivity index (χ4n) is 0.604. The van der Waals surface area contributed by atoms with Gasteiger partial charge in [-0.05, 0) is 27.2 Å². The Kier molecular flexibility index (Phi) is 50.1. The van der Waals surface area contributed by atoms with Crippen LogP contribution < -0.4 is 0 Å². The average Bonchev–Trinajstić information content (AvgIpc) is 2.28. The molecule has 0 aliphatic carbocycles. The van der Waals surface area contributed by atoms with E-state index >= 15 is 0 Å². The summed E-state index contributed by atoms with van der Waals surface area (Å²) in [7, 11) is 16.1. The van der Waals surface area contributed by atoms with E-state index in [1.165, 1.54) is 0 Å². The summed E-state index contributed by atoms with van der Waals surface area (Å²) in [6.45, 7) is 4.07. The Bertz CT molecular complexity index is 158. The Morgan fingerprint density at radius 2 is 1.05 bits per heavy atom. The summed E-state index contributed by atoms with van der Waals surface area (Å²) in [5.41, 5.74) is 0. The zero-order valence-corrected chi connectivity index (χ0v) is 16.8. The first kappa shape index (κ1) is 32.0. The van der Waals surface area contributed by atoms with E-state index in [4.69, 9.17) is 0 Å². The van der Waals surface area contributed by atoms with Crippen LogP contribution in [-0.2, 0) is 21.7 Å². The van der Waals surface area contributed by atoms with Crippen LogP contribution in [-0.4, -0.2) is 80.3 Å². The number of rotatable bonds is 1. The van der Waals surface area contributed by atoms with Gasteiger partial charge in [0.05, 0.1) is 0 Å². The Labute approximate surface area is 142 Å². The van der Waals surface area contributed by atoms with Gasteiger partial charge < -0.3 is 31.2 Å². The molecule has 0 bridgehead atoms. The smallest absolute Gasteiger partial charge is 0.668 e. The van der Waals surface area contributed by atoms with Crippen LogP contribution in [0.5, 0.6) is 0 Å². The maximum atomic E-state index is 4.27. The van der Waals surface area contributed by atoms with E-state index in [1.807, 2.05) is 32.8 Å². The first-order valence-electron chi connectivity index (χ1n) is 6.11. The molecule has 6 nitrogen and oxygen atoms in total. The fourth-order valence-corrected chi connectivity index (χ4v) is 0.604. The van der Waals surface area contributed by atoms with Crippen molar-refractivity contribution in [2.45, 2.75) is 19.9 Å². The number of guanidine groups is 1. The maximum Gasteiger partial charge on any atom is 4.00 e. The Morgan fingerprint density at radius 1 is 0.800 bits per heavy atom. The first-order chi connectivity index (χ1) is 8.82. The molecule has 20 heavy (non-hydrogen) atoms. The molecule has 0 rings (SSSR count). The van der Waals surface area contributed by atoms with Crippen molar-refractivity contribution in [1.29, 1.82) is 0 Å². The van der Waals surface area contributed by atoms with E-state index in [1.54, 1.807) is 49.3 Å². The second-order valence-corrected chi connectivity index (χ2v) is 3.98. The number of hydrogen-bond acceptors (Lipinski definition) is 1. The standard InChI is InChI=1S/C7H16N3.3C2H6N.Ti/c1-6(2)9-7(8-3)10(4)5;3*1-3-2;/h6H,1-5H3;3*1-2H3;/q4*-1;+4. The van der Waals surface area contributed by atoms with E-state index in [0.717, 1.165) is 5.96 Å². The van der Waals surface area contributed by atoms with Gasteiger partial charge in [-0.3, -0.25) is 0 Å². The van der Waals surface area contributed by atoms with E-state index < -0.39 is 0 Å². The van der Waals surface area contributed by atoms with Gasteiger partial charge in [-0.25, -0.2) is 0 Å². The molecule has 0 heterocycles. The van der Waals surface area contributed by atoms with Gasteiger partial charge in [0.25, 0.3) is 0 Å². The summed E-state index contributed by atoms with van der Waals surface area (Å²) in [5.74, 6) is 0.801. The summed E-state index contributed by atoms with van der Waals surface area (Å²) >= 11 is 0. The third-order valence-electron chi connectivity index (χ3n) is 0.974. The van der Waals surface area contributed by atoms with Crippen molar-refractivity contribution in [3.63, 3.8) is 0 Å². The molecule has 0 aromatic rings. The van der Waals surface area contributed by atoms with Crippen molar-refractivity contribution < 1.29 is 21.7 Å². The number of nitrogens with zero attached hydrogens (tertiary/aromatic N) is 6. The molecular weight excluding hydrogens is 288 g/mol. The first-order valence-corrected chi connectivity index (χ1v) is 6.11. The van der Waals surface area contributed by atoms with Crippen molar-refractivity contribution in [2.24, 2.45) is 4.99 Å². The molecule has 0 aromatic heterocycles. The Morgan fingerprint density at radius 3 is 1.10 bits per heavy atom. The van der Waals surface area contributed by atoms with E-state index in [-0.39, 0.29) is 21.7 Å². The molecule has 0 aromatic carbocycles. The summed E-state index contributed by atoms with van der Waals surface area (Å²) in [5, 5.41) is 14.5. The summed E-state index contributed by atoms with van der Waals surface area (Å²) in [6, 6.07) is 0.320. The van der Waals surface area contributed by atoms with Crippen LogP contribution in [0.25, 0.3) is 21.3 Å². The van der Waals surface area contributed by atoms with Gasteiger partial charge in [0.1, 0.15) is 0 Å². The monoisotopic (exact) mass is 322 g/mol. The van der Waals surface area contributed by atoms with Gasteiger partial charge in [0.15, 0.2) is 0 Å². The predicted octanol–water partition coefficient (Wildman–Crippen LogP) is 3.17. The van der Waals surface area contributed by atoms with Gasteiger partial charge in [0, 0.05) is 5.96 Å². The summed E-state index contributed by atoms with van der Waals surface area (Å²) < 4.78 is 0. The van der Waals surface area contributed by atoms with Crippen molar-refractivity contribution in [2.75, 3.05) is 63.4 Å². The van der Waals surface area contributed by atoms with Gasteiger partial charge in [-0.2, -0.15) is 42.3 Å². The molecule has 0 amide bonds. The zero-order chi connectivity index (χ0) is 16.3. The van der Waals surface area contributed by atoms with Crippen LogP contribution in [0.3, 0.4) is 0 Å². The largest absolute Gasteiger partial charge is 4.00 e. The van der Waals surface area contributed by atoms with Crippen molar-refractivity contribution in [3.05, 3.63) is 21.3 Å². The second kappa shape index (κ2) is 31.3. The normalized spacial score (nSPS) is 8.70. The van der Waals surface area contributed by atoms with Gasteiger partial charge in [-0.15, -0.1) is 0 Å². The van der Waals surface area contributed by atoms with Crippen LogP contribution in [0.1, 0.15) is 13.8 Å². The minimum atomic E-state index is 0. The molecule has 0 spiro atoms. The summed E-state index contributed by atoms with van der Waals surface area (Å²) in [6.07, 6.45) is 0.